The molecule has 0 fully saturated rings. The van der Waals surface area contributed by atoms with Crippen LogP contribution in [0.15, 0.2) is 24.4 Å². The van der Waals surface area contributed by atoms with Crippen LogP contribution in [0.1, 0.15) is 45.5 Å². The molecule has 0 aliphatic rings. The normalized spacial score (nSPS) is 12.7. The fourth-order valence-corrected chi connectivity index (χ4v) is 2.96. The molecule has 20 heavy (non-hydrogen) atoms. The highest BCUT2D eigenvalue weighted by Crippen LogP contribution is 2.31. The first-order valence-electron chi connectivity index (χ1n) is 7.10. The highest BCUT2D eigenvalue weighted by atomic mass is 35.5. The molecular weight excluding hydrogens is 291 g/mol. The molecule has 0 aliphatic carbocycles. The molecule has 1 aromatic carbocycles. The molecular formula is C16H20Cl2N2. The molecule has 0 saturated carbocycles. The molecule has 108 valence electrons. The molecule has 2 aromatic rings. The van der Waals surface area contributed by atoms with Gasteiger partial charge in [0, 0.05) is 29.2 Å². The third-order valence-electron chi connectivity index (χ3n) is 3.51. The summed E-state index contributed by atoms with van der Waals surface area (Å²) >= 11 is 12.2. The number of imidazole rings is 1. The van der Waals surface area contributed by atoms with Crippen molar-refractivity contribution in [1.82, 2.24) is 9.55 Å². The first-order chi connectivity index (χ1) is 9.56. The van der Waals surface area contributed by atoms with Crippen LogP contribution < -0.4 is 0 Å². The average Bonchev–Trinajstić information content (AvgIpc) is 2.83. The summed E-state index contributed by atoms with van der Waals surface area (Å²) in [6, 6.07) is 6.00. The van der Waals surface area contributed by atoms with Gasteiger partial charge in [-0.25, -0.2) is 4.98 Å². The van der Waals surface area contributed by atoms with Crippen molar-refractivity contribution < 1.29 is 0 Å². The van der Waals surface area contributed by atoms with Gasteiger partial charge in [-0.05, 0) is 31.5 Å². The van der Waals surface area contributed by atoms with Gasteiger partial charge in [-0.3, -0.25) is 0 Å². The molecule has 0 spiro atoms. The summed E-state index contributed by atoms with van der Waals surface area (Å²) in [5, 5.41) is 1.29. The molecule has 1 aromatic heterocycles. The molecule has 0 saturated heterocycles. The highest BCUT2D eigenvalue weighted by molar-refractivity contribution is 6.36. The molecule has 0 N–H and O–H groups in total. The second kappa shape index (κ2) is 6.64. The first-order valence-corrected chi connectivity index (χ1v) is 7.85. The first kappa shape index (κ1) is 15.4. The van der Waals surface area contributed by atoms with Gasteiger partial charge in [0.1, 0.15) is 5.82 Å². The number of halogens is 2. The van der Waals surface area contributed by atoms with E-state index in [0.717, 1.165) is 29.9 Å². The molecule has 4 heteroatoms. The lowest BCUT2D eigenvalue weighted by molar-refractivity contribution is 0.484. The SMILES string of the molecule is CCCC(C)n1cc(-c2ccc(Cl)cc2Cl)nc1CC. The number of rotatable bonds is 5. The van der Waals surface area contributed by atoms with E-state index in [1.165, 1.54) is 6.42 Å². The minimum Gasteiger partial charge on any atom is -0.332 e. The number of hydrogen-bond acceptors (Lipinski definition) is 1. The van der Waals surface area contributed by atoms with Crippen LogP contribution in [-0.2, 0) is 6.42 Å². The lowest BCUT2D eigenvalue weighted by atomic mass is 10.1. The third kappa shape index (κ3) is 3.18. The van der Waals surface area contributed by atoms with Gasteiger partial charge in [-0.1, -0.05) is 43.5 Å². The number of nitrogens with zero attached hydrogens (tertiary/aromatic N) is 2. The zero-order chi connectivity index (χ0) is 14.7. The number of benzene rings is 1. The van der Waals surface area contributed by atoms with Gasteiger partial charge < -0.3 is 4.57 Å². The van der Waals surface area contributed by atoms with Crippen molar-refractivity contribution >= 4 is 23.2 Å². The van der Waals surface area contributed by atoms with Crippen molar-refractivity contribution in [2.24, 2.45) is 0 Å². The van der Waals surface area contributed by atoms with E-state index in [1.807, 2.05) is 12.1 Å². The van der Waals surface area contributed by atoms with E-state index in [1.54, 1.807) is 6.07 Å². The molecule has 0 aliphatic heterocycles. The van der Waals surface area contributed by atoms with Crippen molar-refractivity contribution in [3.05, 3.63) is 40.3 Å². The second-order valence-electron chi connectivity index (χ2n) is 5.07. The molecule has 1 unspecified atom stereocenters. The number of aryl methyl sites for hydroxylation is 1. The van der Waals surface area contributed by atoms with Crippen LogP contribution in [0.25, 0.3) is 11.3 Å². The van der Waals surface area contributed by atoms with Crippen molar-refractivity contribution in [2.75, 3.05) is 0 Å². The summed E-state index contributed by atoms with van der Waals surface area (Å²) in [7, 11) is 0. The largest absolute Gasteiger partial charge is 0.332 e. The van der Waals surface area contributed by atoms with Gasteiger partial charge >= 0.3 is 0 Å². The van der Waals surface area contributed by atoms with Gasteiger partial charge in [0.05, 0.1) is 10.7 Å². The van der Waals surface area contributed by atoms with Crippen LogP contribution in [0.2, 0.25) is 10.0 Å². The average molecular weight is 311 g/mol. The van der Waals surface area contributed by atoms with Crippen LogP contribution in [0.4, 0.5) is 0 Å². The summed E-state index contributed by atoms with van der Waals surface area (Å²) in [5.74, 6) is 1.10. The third-order valence-corrected chi connectivity index (χ3v) is 4.06. The van der Waals surface area contributed by atoms with Gasteiger partial charge in [0.2, 0.25) is 0 Å². The van der Waals surface area contributed by atoms with E-state index in [0.29, 0.717) is 16.1 Å². The van der Waals surface area contributed by atoms with Gasteiger partial charge in [0.25, 0.3) is 0 Å². The predicted molar refractivity (Wildman–Crippen MR) is 86.7 cm³/mol. The number of hydrogen-bond donors (Lipinski definition) is 0. The van der Waals surface area contributed by atoms with Crippen LogP contribution in [0.3, 0.4) is 0 Å². The fraction of sp³-hybridized carbons (Fsp3) is 0.438. The summed E-state index contributed by atoms with van der Waals surface area (Å²) in [4.78, 5) is 4.73. The van der Waals surface area contributed by atoms with Crippen molar-refractivity contribution in [1.29, 1.82) is 0 Å². The standard InChI is InChI=1S/C16H20Cl2N2/c1-4-6-11(3)20-10-15(19-16(20)5-2)13-8-7-12(17)9-14(13)18/h7-11H,4-6H2,1-3H3. The Labute approximate surface area is 130 Å². The van der Waals surface area contributed by atoms with E-state index in [-0.39, 0.29) is 0 Å². The molecule has 2 nitrogen and oxygen atoms in total. The smallest absolute Gasteiger partial charge is 0.109 e. The molecule has 1 heterocycles. The van der Waals surface area contributed by atoms with Gasteiger partial charge in [-0.2, -0.15) is 0 Å². The van der Waals surface area contributed by atoms with E-state index in [9.17, 15) is 0 Å². The Morgan fingerprint density at radius 3 is 2.60 bits per heavy atom. The van der Waals surface area contributed by atoms with E-state index >= 15 is 0 Å². The fourth-order valence-electron chi connectivity index (χ4n) is 2.46. The Kier molecular flexibility index (Phi) is 5.11. The summed E-state index contributed by atoms with van der Waals surface area (Å²) in [6.45, 7) is 6.57. The Bertz CT molecular complexity index is 590. The number of aromatic nitrogens is 2. The van der Waals surface area contributed by atoms with E-state index < -0.39 is 0 Å². The second-order valence-corrected chi connectivity index (χ2v) is 5.91. The maximum absolute atomic E-state index is 6.28. The predicted octanol–water partition coefficient (Wildman–Crippen LogP) is 5.78. The van der Waals surface area contributed by atoms with Crippen molar-refractivity contribution in [2.45, 2.75) is 46.1 Å². The topological polar surface area (TPSA) is 17.8 Å². The molecule has 0 amide bonds. The monoisotopic (exact) mass is 310 g/mol. The summed E-state index contributed by atoms with van der Waals surface area (Å²) in [5.41, 5.74) is 1.86. The molecule has 0 radical (unpaired) electrons. The minimum absolute atomic E-state index is 0.460. The van der Waals surface area contributed by atoms with Crippen molar-refractivity contribution in [3.8, 4) is 11.3 Å². The molecule has 2 rings (SSSR count). The van der Waals surface area contributed by atoms with Gasteiger partial charge in [-0.15, -0.1) is 0 Å². The Morgan fingerprint density at radius 2 is 2.00 bits per heavy atom. The Hall–Kier alpha value is -0.990. The zero-order valence-corrected chi connectivity index (χ0v) is 13.7. The van der Waals surface area contributed by atoms with Gasteiger partial charge in [0.15, 0.2) is 0 Å². The molecule has 0 bridgehead atoms. The highest BCUT2D eigenvalue weighted by Gasteiger charge is 2.14. The summed E-state index contributed by atoms with van der Waals surface area (Å²) < 4.78 is 2.27. The van der Waals surface area contributed by atoms with Crippen LogP contribution in [0.5, 0.6) is 0 Å². The van der Waals surface area contributed by atoms with Crippen LogP contribution in [0, 0.1) is 0 Å². The lowest BCUT2D eigenvalue weighted by Gasteiger charge is -2.14. The van der Waals surface area contributed by atoms with E-state index in [4.69, 9.17) is 28.2 Å². The summed E-state index contributed by atoms with van der Waals surface area (Å²) in [6.07, 6.45) is 5.34. The lowest BCUT2D eigenvalue weighted by Crippen LogP contribution is -2.07. The molecule has 1 atom stereocenters. The van der Waals surface area contributed by atoms with Crippen molar-refractivity contribution in [3.63, 3.8) is 0 Å². The van der Waals surface area contributed by atoms with Crippen LogP contribution in [-0.4, -0.2) is 9.55 Å². The Morgan fingerprint density at radius 1 is 1.25 bits per heavy atom. The van der Waals surface area contributed by atoms with Crippen LogP contribution >= 0.6 is 23.2 Å². The van der Waals surface area contributed by atoms with E-state index in [2.05, 4.69) is 31.5 Å². The maximum atomic E-state index is 6.28. The minimum atomic E-state index is 0.460. The Balaban J connectivity index is 2.43. The quantitative estimate of drug-likeness (QED) is 0.684. The zero-order valence-electron chi connectivity index (χ0n) is 12.2. The maximum Gasteiger partial charge on any atom is 0.109 e.